The maximum absolute atomic E-state index is 10.9. The molecule has 0 heterocycles. The van der Waals surface area contributed by atoms with Gasteiger partial charge in [0, 0.05) is 22.5 Å². The minimum absolute atomic E-state index is 0.126. The van der Waals surface area contributed by atoms with Crippen LogP contribution in [0.2, 0.25) is 0 Å². The van der Waals surface area contributed by atoms with Crippen molar-refractivity contribution in [3.8, 4) is 5.75 Å². The van der Waals surface area contributed by atoms with Gasteiger partial charge in [0.25, 0.3) is 5.69 Å². The monoisotopic (exact) mass is 349 g/mol. The predicted octanol–water partition coefficient (Wildman–Crippen LogP) is 4.69. The normalized spacial score (nSPS) is 10.4. The summed E-state index contributed by atoms with van der Waals surface area (Å²) in [6.45, 7) is 4.09. The number of hydrogen-bond donors (Lipinski definition) is 0. The zero-order chi connectivity index (χ0) is 15.4. The molecule has 0 aromatic heterocycles. The molecule has 2 rings (SSSR count). The van der Waals surface area contributed by atoms with Crippen molar-refractivity contribution in [2.45, 2.75) is 25.8 Å². The van der Waals surface area contributed by atoms with E-state index in [1.54, 1.807) is 13.0 Å². The summed E-state index contributed by atoms with van der Waals surface area (Å²) < 4.78 is 5.83. The third-order valence-corrected chi connectivity index (χ3v) is 3.96. The van der Waals surface area contributed by atoms with Gasteiger partial charge in [-0.25, -0.2) is 0 Å². The molecule has 110 valence electrons. The number of ether oxygens (including phenoxy) is 1. The van der Waals surface area contributed by atoms with Crippen molar-refractivity contribution < 1.29 is 9.66 Å². The molecule has 0 fully saturated rings. The highest BCUT2D eigenvalue weighted by Gasteiger charge is 2.13. The molecular weight excluding hydrogens is 334 g/mol. The van der Waals surface area contributed by atoms with Gasteiger partial charge in [-0.2, -0.15) is 0 Å². The minimum Gasteiger partial charge on any atom is -0.489 e. The summed E-state index contributed by atoms with van der Waals surface area (Å²) in [5.41, 5.74) is 3.84. The Kier molecular flexibility index (Phi) is 4.96. The fourth-order valence-electron chi connectivity index (χ4n) is 2.13. The van der Waals surface area contributed by atoms with E-state index in [1.807, 2.05) is 25.1 Å². The molecule has 2 aromatic carbocycles. The SMILES string of the molecule is Cc1ccc(OCc2cccc([N+](=O)[O-])c2C)c(CBr)c1. The summed E-state index contributed by atoms with van der Waals surface area (Å²) in [5, 5.41) is 11.7. The Morgan fingerprint density at radius 2 is 1.95 bits per heavy atom. The number of alkyl halides is 1. The number of hydrogen-bond acceptors (Lipinski definition) is 3. The summed E-state index contributed by atoms with van der Waals surface area (Å²) in [5.74, 6) is 0.795. The van der Waals surface area contributed by atoms with Crippen LogP contribution >= 0.6 is 15.9 Å². The Hall–Kier alpha value is -1.88. The average Bonchev–Trinajstić information content (AvgIpc) is 2.46. The molecule has 0 radical (unpaired) electrons. The van der Waals surface area contributed by atoms with Crippen LogP contribution in [0.5, 0.6) is 5.75 Å². The van der Waals surface area contributed by atoms with Gasteiger partial charge < -0.3 is 4.74 Å². The Morgan fingerprint density at radius 3 is 2.62 bits per heavy atom. The van der Waals surface area contributed by atoms with Gasteiger partial charge in [0.05, 0.1) is 4.92 Å². The Bertz CT molecular complexity index is 671. The minimum atomic E-state index is -0.366. The van der Waals surface area contributed by atoms with Gasteiger partial charge >= 0.3 is 0 Å². The largest absolute Gasteiger partial charge is 0.489 e. The van der Waals surface area contributed by atoms with Crippen LogP contribution in [-0.4, -0.2) is 4.92 Å². The van der Waals surface area contributed by atoms with Crippen LogP contribution in [0.15, 0.2) is 36.4 Å². The van der Waals surface area contributed by atoms with Gasteiger partial charge in [-0.05, 0) is 25.5 Å². The Morgan fingerprint density at radius 1 is 1.19 bits per heavy atom. The van der Waals surface area contributed by atoms with Crippen LogP contribution in [0, 0.1) is 24.0 Å². The van der Waals surface area contributed by atoms with E-state index >= 15 is 0 Å². The zero-order valence-electron chi connectivity index (χ0n) is 11.9. The molecular formula is C16H16BrNO3. The van der Waals surface area contributed by atoms with E-state index < -0.39 is 0 Å². The maximum Gasteiger partial charge on any atom is 0.272 e. The van der Waals surface area contributed by atoms with Gasteiger partial charge in [0.2, 0.25) is 0 Å². The number of nitro benzene ring substituents is 1. The Balaban J connectivity index is 2.21. The van der Waals surface area contributed by atoms with Gasteiger partial charge in [-0.3, -0.25) is 10.1 Å². The van der Waals surface area contributed by atoms with E-state index in [4.69, 9.17) is 4.74 Å². The van der Waals surface area contributed by atoms with E-state index in [2.05, 4.69) is 22.0 Å². The van der Waals surface area contributed by atoms with Crippen molar-refractivity contribution in [2.75, 3.05) is 0 Å². The molecule has 0 bridgehead atoms. The topological polar surface area (TPSA) is 52.4 Å². The standard InChI is InChI=1S/C16H16BrNO3/c1-11-6-7-16(14(8-11)9-17)21-10-13-4-3-5-15(12(13)2)18(19)20/h3-8H,9-10H2,1-2H3. The second-order valence-electron chi connectivity index (χ2n) is 4.85. The highest BCUT2D eigenvalue weighted by molar-refractivity contribution is 9.08. The molecule has 0 N–H and O–H groups in total. The first kappa shape index (κ1) is 15.5. The Labute approximate surface area is 132 Å². The van der Waals surface area contributed by atoms with Gasteiger partial charge in [0.15, 0.2) is 0 Å². The molecule has 0 spiro atoms. The summed E-state index contributed by atoms with van der Waals surface area (Å²) >= 11 is 3.44. The zero-order valence-corrected chi connectivity index (χ0v) is 13.5. The van der Waals surface area contributed by atoms with Crippen molar-refractivity contribution in [1.82, 2.24) is 0 Å². The summed E-state index contributed by atoms with van der Waals surface area (Å²) in [6.07, 6.45) is 0. The van der Waals surface area contributed by atoms with Crippen molar-refractivity contribution in [3.05, 3.63) is 68.8 Å². The van der Waals surface area contributed by atoms with E-state index in [0.717, 1.165) is 16.9 Å². The van der Waals surface area contributed by atoms with Crippen LogP contribution in [0.25, 0.3) is 0 Å². The smallest absolute Gasteiger partial charge is 0.272 e. The predicted molar refractivity (Wildman–Crippen MR) is 86.0 cm³/mol. The second-order valence-corrected chi connectivity index (χ2v) is 5.41. The lowest BCUT2D eigenvalue weighted by Crippen LogP contribution is -2.02. The van der Waals surface area contributed by atoms with E-state index in [-0.39, 0.29) is 10.6 Å². The van der Waals surface area contributed by atoms with Crippen LogP contribution in [-0.2, 0) is 11.9 Å². The molecule has 4 nitrogen and oxygen atoms in total. The van der Waals surface area contributed by atoms with Crippen molar-refractivity contribution in [3.63, 3.8) is 0 Å². The summed E-state index contributed by atoms with van der Waals surface area (Å²) in [6, 6.07) is 11.0. The van der Waals surface area contributed by atoms with Crippen molar-refractivity contribution in [1.29, 1.82) is 0 Å². The molecule has 0 unspecified atom stereocenters. The van der Waals surface area contributed by atoms with E-state index in [0.29, 0.717) is 17.5 Å². The van der Waals surface area contributed by atoms with Crippen LogP contribution in [0.4, 0.5) is 5.69 Å². The van der Waals surface area contributed by atoms with Gasteiger partial charge in [-0.1, -0.05) is 45.8 Å². The first-order valence-corrected chi connectivity index (χ1v) is 7.66. The molecule has 5 heteroatoms. The molecule has 0 aliphatic rings. The number of nitro groups is 1. The molecule has 2 aromatic rings. The van der Waals surface area contributed by atoms with E-state index in [9.17, 15) is 10.1 Å². The molecule has 0 aliphatic carbocycles. The molecule has 0 amide bonds. The summed E-state index contributed by atoms with van der Waals surface area (Å²) in [7, 11) is 0. The van der Waals surface area contributed by atoms with E-state index in [1.165, 1.54) is 11.6 Å². The second kappa shape index (κ2) is 6.72. The molecule has 0 aliphatic heterocycles. The number of aryl methyl sites for hydroxylation is 1. The number of halogens is 1. The molecule has 0 saturated heterocycles. The molecule has 0 atom stereocenters. The lowest BCUT2D eigenvalue weighted by molar-refractivity contribution is -0.385. The van der Waals surface area contributed by atoms with Crippen LogP contribution in [0.1, 0.15) is 22.3 Å². The molecule has 21 heavy (non-hydrogen) atoms. The third kappa shape index (κ3) is 3.61. The molecule has 0 saturated carbocycles. The van der Waals surface area contributed by atoms with Crippen molar-refractivity contribution >= 4 is 21.6 Å². The van der Waals surface area contributed by atoms with Gasteiger partial charge in [0.1, 0.15) is 12.4 Å². The quantitative estimate of drug-likeness (QED) is 0.447. The van der Waals surface area contributed by atoms with Crippen LogP contribution < -0.4 is 4.74 Å². The van der Waals surface area contributed by atoms with Crippen LogP contribution in [0.3, 0.4) is 0 Å². The number of rotatable bonds is 5. The number of nitrogens with zero attached hydrogens (tertiary/aromatic N) is 1. The summed E-state index contributed by atoms with van der Waals surface area (Å²) in [4.78, 5) is 10.6. The first-order chi connectivity index (χ1) is 10.0. The van der Waals surface area contributed by atoms with Crippen molar-refractivity contribution in [2.24, 2.45) is 0 Å². The first-order valence-electron chi connectivity index (χ1n) is 6.54. The lowest BCUT2D eigenvalue weighted by Gasteiger charge is -2.12. The number of benzene rings is 2. The average molecular weight is 350 g/mol. The third-order valence-electron chi connectivity index (χ3n) is 3.36. The fraction of sp³-hybridized carbons (Fsp3) is 0.250. The highest BCUT2D eigenvalue weighted by atomic mass is 79.9. The fourth-order valence-corrected chi connectivity index (χ4v) is 2.57. The van der Waals surface area contributed by atoms with Gasteiger partial charge in [-0.15, -0.1) is 0 Å². The lowest BCUT2D eigenvalue weighted by atomic mass is 10.1. The maximum atomic E-state index is 10.9. The highest BCUT2D eigenvalue weighted by Crippen LogP contribution is 2.26.